The molecule has 0 atom stereocenters. The molecule has 0 spiro atoms. The van der Waals surface area contributed by atoms with Gasteiger partial charge in [0.05, 0.1) is 13.0 Å². The average molecular weight is 306 g/mol. The van der Waals surface area contributed by atoms with Gasteiger partial charge in [-0.3, -0.25) is 4.79 Å². The monoisotopic (exact) mass is 306 g/mol. The largest absolute Gasteiger partial charge is 0.395 e. The van der Waals surface area contributed by atoms with Crippen LogP contribution in [0.25, 0.3) is 0 Å². The molecule has 0 unspecified atom stereocenters. The summed E-state index contributed by atoms with van der Waals surface area (Å²) in [6, 6.07) is 7.75. The summed E-state index contributed by atoms with van der Waals surface area (Å²) in [4.78, 5) is 14.7. The van der Waals surface area contributed by atoms with Gasteiger partial charge in [0.25, 0.3) is 0 Å². The van der Waals surface area contributed by atoms with Gasteiger partial charge >= 0.3 is 0 Å². The second-order valence-electron chi connectivity index (χ2n) is 5.49. The van der Waals surface area contributed by atoms with E-state index < -0.39 is 0 Å². The van der Waals surface area contributed by atoms with Gasteiger partial charge in [-0.2, -0.15) is 0 Å². The SMILES string of the molecule is NC(=S)c1ccc(CC(=O)N(CCO)C2CCCC2)cc1. The van der Waals surface area contributed by atoms with Crippen molar-refractivity contribution in [3.8, 4) is 0 Å². The van der Waals surface area contributed by atoms with Crippen LogP contribution in [0, 0.1) is 0 Å². The number of benzene rings is 1. The molecular weight excluding hydrogens is 284 g/mol. The number of rotatable bonds is 6. The van der Waals surface area contributed by atoms with Crippen molar-refractivity contribution in [2.75, 3.05) is 13.2 Å². The summed E-state index contributed by atoms with van der Waals surface area (Å²) in [5.74, 6) is 0.0824. The second kappa shape index (κ2) is 7.52. The quantitative estimate of drug-likeness (QED) is 0.784. The molecule has 1 fully saturated rings. The van der Waals surface area contributed by atoms with E-state index in [-0.39, 0.29) is 12.5 Å². The first-order valence-electron chi connectivity index (χ1n) is 7.41. The van der Waals surface area contributed by atoms with Crippen LogP contribution in [-0.2, 0) is 11.2 Å². The van der Waals surface area contributed by atoms with Crippen LogP contribution in [0.2, 0.25) is 0 Å². The van der Waals surface area contributed by atoms with Crippen LogP contribution in [0.1, 0.15) is 36.8 Å². The summed E-state index contributed by atoms with van der Waals surface area (Å²) in [6.07, 6.45) is 4.79. The number of thiocarbonyl (C=S) groups is 1. The fraction of sp³-hybridized carbons (Fsp3) is 0.500. The standard InChI is InChI=1S/C16H22N2O2S/c17-16(21)13-7-5-12(6-8-13)11-15(20)18(9-10-19)14-3-1-2-4-14/h5-8,14,19H,1-4,9-11H2,(H2,17,21). The molecule has 21 heavy (non-hydrogen) atoms. The summed E-state index contributed by atoms with van der Waals surface area (Å²) in [5.41, 5.74) is 7.32. The normalized spacial score (nSPS) is 15.1. The molecule has 3 N–H and O–H groups in total. The molecule has 0 saturated heterocycles. The number of aliphatic hydroxyl groups is 1. The van der Waals surface area contributed by atoms with Crippen molar-refractivity contribution in [1.29, 1.82) is 0 Å². The van der Waals surface area contributed by atoms with Gasteiger partial charge in [-0.1, -0.05) is 49.3 Å². The number of nitrogens with two attached hydrogens (primary N) is 1. The van der Waals surface area contributed by atoms with Gasteiger partial charge in [0.1, 0.15) is 4.99 Å². The lowest BCUT2D eigenvalue weighted by molar-refractivity contribution is -0.133. The van der Waals surface area contributed by atoms with Crippen LogP contribution in [0.5, 0.6) is 0 Å². The van der Waals surface area contributed by atoms with E-state index in [4.69, 9.17) is 18.0 Å². The van der Waals surface area contributed by atoms with Crippen LogP contribution < -0.4 is 5.73 Å². The lowest BCUT2D eigenvalue weighted by Crippen LogP contribution is -2.41. The van der Waals surface area contributed by atoms with E-state index in [2.05, 4.69) is 0 Å². The van der Waals surface area contributed by atoms with Crippen molar-refractivity contribution in [3.63, 3.8) is 0 Å². The minimum atomic E-state index is 0.0165. The Bertz CT molecular complexity index is 496. The number of carbonyl (C=O) groups is 1. The van der Waals surface area contributed by atoms with E-state index in [1.54, 1.807) is 0 Å². The van der Waals surface area contributed by atoms with E-state index in [0.29, 0.717) is 24.0 Å². The first-order valence-corrected chi connectivity index (χ1v) is 7.81. The van der Waals surface area contributed by atoms with E-state index in [1.807, 2.05) is 29.2 Å². The Morgan fingerprint density at radius 3 is 2.43 bits per heavy atom. The maximum atomic E-state index is 12.5. The molecule has 1 amide bonds. The lowest BCUT2D eigenvalue weighted by Gasteiger charge is -2.28. The maximum Gasteiger partial charge on any atom is 0.227 e. The summed E-state index contributed by atoms with van der Waals surface area (Å²) >= 11 is 4.92. The minimum absolute atomic E-state index is 0.0165. The number of nitrogens with zero attached hydrogens (tertiary/aromatic N) is 1. The first kappa shape index (κ1) is 15.9. The number of hydrogen-bond acceptors (Lipinski definition) is 3. The summed E-state index contributed by atoms with van der Waals surface area (Å²) < 4.78 is 0. The van der Waals surface area contributed by atoms with Gasteiger partial charge in [0, 0.05) is 18.2 Å². The van der Waals surface area contributed by atoms with Gasteiger partial charge in [0.2, 0.25) is 5.91 Å². The molecule has 1 aromatic rings. The molecule has 0 aliphatic heterocycles. The molecule has 0 bridgehead atoms. The van der Waals surface area contributed by atoms with Crippen molar-refractivity contribution in [2.24, 2.45) is 5.73 Å². The van der Waals surface area contributed by atoms with Crippen molar-refractivity contribution < 1.29 is 9.90 Å². The topological polar surface area (TPSA) is 66.6 Å². The minimum Gasteiger partial charge on any atom is -0.395 e. The van der Waals surface area contributed by atoms with Gasteiger partial charge in [-0.25, -0.2) is 0 Å². The summed E-state index contributed by atoms with van der Waals surface area (Å²) in [7, 11) is 0. The van der Waals surface area contributed by atoms with Crippen molar-refractivity contribution in [2.45, 2.75) is 38.1 Å². The highest BCUT2D eigenvalue weighted by Crippen LogP contribution is 2.24. The number of hydrogen-bond donors (Lipinski definition) is 2. The van der Waals surface area contributed by atoms with Crippen LogP contribution in [0.4, 0.5) is 0 Å². The fourth-order valence-electron chi connectivity index (χ4n) is 2.90. The molecule has 1 aromatic carbocycles. The Kier molecular flexibility index (Phi) is 5.70. The third-order valence-electron chi connectivity index (χ3n) is 4.02. The van der Waals surface area contributed by atoms with Gasteiger partial charge in [0.15, 0.2) is 0 Å². The molecule has 5 heteroatoms. The molecule has 1 aliphatic rings. The summed E-state index contributed by atoms with van der Waals surface area (Å²) in [5, 5.41) is 9.19. The van der Waals surface area contributed by atoms with E-state index in [0.717, 1.165) is 24.0 Å². The molecule has 4 nitrogen and oxygen atoms in total. The zero-order chi connectivity index (χ0) is 15.2. The fourth-order valence-corrected chi connectivity index (χ4v) is 3.03. The Labute approximate surface area is 130 Å². The van der Waals surface area contributed by atoms with Crippen molar-refractivity contribution in [3.05, 3.63) is 35.4 Å². The third kappa shape index (κ3) is 4.25. The predicted molar refractivity (Wildman–Crippen MR) is 87.1 cm³/mol. The van der Waals surface area contributed by atoms with Gasteiger partial charge in [-0.05, 0) is 18.4 Å². The van der Waals surface area contributed by atoms with E-state index in [9.17, 15) is 9.90 Å². The highest BCUT2D eigenvalue weighted by Gasteiger charge is 2.26. The smallest absolute Gasteiger partial charge is 0.227 e. The molecule has 0 aromatic heterocycles. The number of aliphatic hydroxyl groups excluding tert-OH is 1. The number of amides is 1. The van der Waals surface area contributed by atoms with Crippen molar-refractivity contribution >= 4 is 23.1 Å². The molecule has 1 saturated carbocycles. The van der Waals surface area contributed by atoms with Crippen LogP contribution in [-0.4, -0.2) is 40.1 Å². The Morgan fingerprint density at radius 2 is 1.90 bits per heavy atom. The Balaban J connectivity index is 2.01. The molecule has 1 aliphatic carbocycles. The number of carbonyl (C=O) groups excluding carboxylic acids is 1. The van der Waals surface area contributed by atoms with E-state index >= 15 is 0 Å². The van der Waals surface area contributed by atoms with Gasteiger partial charge < -0.3 is 15.7 Å². The maximum absolute atomic E-state index is 12.5. The predicted octanol–water partition coefficient (Wildman–Crippen LogP) is 1.63. The molecule has 114 valence electrons. The van der Waals surface area contributed by atoms with Crippen LogP contribution in [0.3, 0.4) is 0 Å². The highest BCUT2D eigenvalue weighted by molar-refractivity contribution is 7.80. The lowest BCUT2D eigenvalue weighted by atomic mass is 10.1. The first-order chi connectivity index (χ1) is 10.1. The van der Waals surface area contributed by atoms with Crippen LogP contribution in [0.15, 0.2) is 24.3 Å². The average Bonchev–Trinajstić information content (AvgIpc) is 2.99. The third-order valence-corrected chi connectivity index (χ3v) is 4.26. The molecule has 0 heterocycles. The zero-order valence-corrected chi connectivity index (χ0v) is 12.9. The molecule has 2 rings (SSSR count). The zero-order valence-electron chi connectivity index (χ0n) is 12.1. The Hall–Kier alpha value is -1.46. The second-order valence-corrected chi connectivity index (χ2v) is 5.93. The van der Waals surface area contributed by atoms with Crippen LogP contribution >= 0.6 is 12.2 Å². The van der Waals surface area contributed by atoms with Crippen molar-refractivity contribution in [1.82, 2.24) is 4.90 Å². The van der Waals surface area contributed by atoms with E-state index in [1.165, 1.54) is 12.8 Å². The molecular formula is C16H22N2O2S. The summed E-state index contributed by atoms with van der Waals surface area (Å²) in [6.45, 7) is 0.442. The highest BCUT2D eigenvalue weighted by atomic mass is 32.1. The molecule has 0 radical (unpaired) electrons. The van der Waals surface area contributed by atoms with Gasteiger partial charge in [-0.15, -0.1) is 0 Å². The Morgan fingerprint density at radius 1 is 1.29 bits per heavy atom.